The number of anilines is 1. The minimum Gasteiger partial charge on any atom is -0.360 e. The topological polar surface area (TPSA) is 58.1 Å². The first-order valence-corrected chi connectivity index (χ1v) is 8.75. The van der Waals surface area contributed by atoms with Crippen LogP contribution in [0.3, 0.4) is 0 Å². The summed E-state index contributed by atoms with van der Waals surface area (Å²) in [5.41, 5.74) is 0. The summed E-state index contributed by atoms with van der Waals surface area (Å²) in [6.45, 7) is 5.40. The van der Waals surface area contributed by atoms with Gasteiger partial charge in [-0.1, -0.05) is 6.92 Å². The molecule has 0 aliphatic carbocycles. The maximum absolute atomic E-state index is 12.5. The van der Waals surface area contributed by atoms with Crippen molar-refractivity contribution in [2.75, 3.05) is 18.4 Å². The number of likely N-dealkylation sites (tertiary alicyclic amines) is 1. The van der Waals surface area contributed by atoms with E-state index in [9.17, 15) is 4.79 Å². The third-order valence-electron chi connectivity index (χ3n) is 4.28. The lowest BCUT2D eigenvalue weighted by atomic mass is 10.00. The largest absolute Gasteiger partial charge is 0.360 e. The number of thiophene rings is 1. The molecule has 1 atom stereocenters. The predicted octanol–water partition coefficient (Wildman–Crippen LogP) is 3.20. The van der Waals surface area contributed by atoms with Gasteiger partial charge in [0.25, 0.3) is 0 Å². The molecule has 0 spiro atoms. The Morgan fingerprint density at radius 3 is 3.14 bits per heavy atom. The number of rotatable bonds is 4. The Balaban J connectivity index is 1.69. The molecule has 3 rings (SSSR count). The average Bonchev–Trinajstić information content (AvgIpc) is 2.93. The molecule has 5 nitrogen and oxygen atoms in total. The van der Waals surface area contributed by atoms with Crippen LogP contribution in [-0.2, 0) is 4.79 Å². The van der Waals surface area contributed by atoms with Gasteiger partial charge in [-0.3, -0.25) is 4.79 Å². The van der Waals surface area contributed by atoms with Gasteiger partial charge in [0, 0.05) is 17.5 Å². The summed E-state index contributed by atoms with van der Waals surface area (Å²) < 4.78 is 0. The molecule has 1 unspecified atom stereocenters. The quantitative estimate of drug-likeness (QED) is 0.940. The van der Waals surface area contributed by atoms with Gasteiger partial charge in [0.15, 0.2) is 0 Å². The molecule has 6 heteroatoms. The van der Waals surface area contributed by atoms with Crippen LogP contribution < -0.4 is 5.32 Å². The fourth-order valence-electron chi connectivity index (χ4n) is 3.13. The molecule has 0 aromatic carbocycles. The number of nitrogens with one attached hydrogen (secondary N) is 1. The Kier molecular flexibility index (Phi) is 4.57. The van der Waals surface area contributed by atoms with Crippen molar-refractivity contribution >= 4 is 33.3 Å². The molecule has 22 heavy (non-hydrogen) atoms. The Bertz CT molecular complexity index is 669. The van der Waals surface area contributed by atoms with Crippen molar-refractivity contribution in [1.82, 2.24) is 14.9 Å². The average molecular weight is 318 g/mol. The zero-order valence-corrected chi connectivity index (χ0v) is 13.9. The molecule has 2 aromatic heterocycles. The van der Waals surface area contributed by atoms with Crippen LogP contribution >= 0.6 is 11.3 Å². The van der Waals surface area contributed by atoms with Gasteiger partial charge in [0.2, 0.25) is 5.91 Å². The zero-order valence-electron chi connectivity index (χ0n) is 13.1. The van der Waals surface area contributed by atoms with E-state index in [0.717, 1.165) is 41.8 Å². The normalized spacial score (nSPS) is 18.6. The van der Waals surface area contributed by atoms with Crippen molar-refractivity contribution < 1.29 is 4.79 Å². The van der Waals surface area contributed by atoms with E-state index in [2.05, 4.69) is 35.2 Å². The van der Waals surface area contributed by atoms with Crippen LogP contribution in [0, 0.1) is 6.92 Å². The fourth-order valence-corrected chi connectivity index (χ4v) is 3.98. The van der Waals surface area contributed by atoms with Crippen LogP contribution in [0.25, 0.3) is 10.2 Å². The number of carbonyl (C=O) groups is 1. The molecule has 2 aromatic rings. The summed E-state index contributed by atoms with van der Waals surface area (Å²) in [6.07, 6.45) is 6.07. The Labute approximate surface area is 134 Å². The summed E-state index contributed by atoms with van der Waals surface area (Å²) in [5.74, 6) is 0.929. The number of aromatic nitrogens is 2. The van der Waals surface area contributed by atoms with Crippen LogP contribution in [0.15, 0.2) is 12.4 Å². The number of carbonyl (C=O) groups excluding carboxylic acids is 1. The Morgan fingerprint density at radius 2 is 2.32 bits per heavy atom. The highest BCUT2D eigenvalue weighted by atomic mass is 32.1. The van der Waals surface area contributed by atoms with Crippen LogP contribution in [-0.4, -0.2) is 39.9 Å². The van der Waals surface area contributed by atoms with E-state index < -0.39 is 0 Å². The van der Waals surface area contributed by atoms with Gasteiger partial charge in [-0.15, -0.1) is 11.3 Å². The zero-order chi connectivity index (χ0) is 15.5. The molecule has 0 bridgehead atoms. The first-order chi connectivity index (χ1) is 10.7. The van der Waals surface area contributed by atoms with E-state index in [-0.39, 0.29) is 5.91 Å². The summed E-state index contributed by atoms with van der Waals surface area (Å²) in [6, 6.07) is 2.47. The van der Waals surface area contributed by atoms with Gasteiger partial charge in [-0.2, -0.15) is 0 Å². The summed E-state index contributed by atoms with van der Waals surface area (Å²) >= 11 is 1.65. The third-order valence-corrected chi connectivity index (χ3v) is 5.24. The smallest absolute Gasteiger partial charge is 0.242 e. The van der Waals surface area contributed by atoms with Gasteiger partial charge in [-0.05, 0) is 38.7 Å². The Hall–Kier alpha value is -1.69. The van der Waals surface area contributed by atoms with Crippen molar-refractivity contribution in [2.45, 2.75) is 45.6 Å². The monoisotopic (exact) mass is 318 g/mol. The summed E-state index contributed by atoms with van der Waals surface area (Å²) in [5, 5.41) is 4.21. The highest BCUT2D eigenvalue weighted by molar-refractivity contribution is 7.18. The number of hydrogen-bond acceptors (Lipinski definition) is 5. The lowest BCUT2D eigenvalue weighted by molar-refractivity contribution is -0.133. The molecule has 0 radical (unpaired) electrons. The van der Waals surface area contributed by atoms with Crippen molar-refractivity contribution in [3.05, 3.63) is 17.3 Å². The second kappa shape index (κ2) is 6.60. The standard InChI is InChI=1S/C16H22N4OS/c1-3-12-6-4-5-7-20(12)14(21)9-17-15-13-8-11(2)22-16(13)19-10-18-15/h8,10,12H,3-7,9H2,1-2H3,(H,17,18,19). The van der Waals surface area contributed by atoms with Crippen molar-refractivity contribution in [2.24, 2.45) is 0 Å². The minimum atomic E-state index is 0.172. The molecule has 1 aliphatic heterocycles. The number of hydrogen-bond donors (Lipinski definition) is 1. The van der Waals surface area contributed by atoms with E-state index in [4.69, 9.17) is 0 Å². The van der Waals surface area contributed by atoms with Gasteiger partial charge in [0.05, 0.1) is 11.9 Å². The predicted molar refractivity (Wildman–Crippen MR) is 90.3 cm³/mol. The van der Waals surface area contributed by atoms with Crippen molar-refractivity contribution in [3.8, 4) is 0 Å². The van der Waals surface area contributed by atoms with Crippen LogP contribution in [0.1, 0.15) is 37.5 Å². The highest BCUT2D eigenvalue weighted by Crippen LogP contribution is 2.27. The van der Waals surface area contributed by atoms with E-state index in [1.807, 2.05) is 4.90 Å². The van der Waals surface area contributed by atoms with Crippen molar-refractivity contribution in [1.29, 1.82) is 0 Å². The maximum Gasteiger partial charge on any atom is 0.242 e. The van der Waals surface area contributed by atoms with Crippen LogP contribution in [0.5, 0.6) is 0 Å². The van der Waals surface area contributed by atoms with Crippen LogP contribution in [0.4, 0.5) is 5.82 Å². The lowest BCUT2D eigenvalue weighted by Crippen LogP contribution is -2.45. The van der Waals surface area contributed by atoms with Crippen LogP contribution in [0.2, 0.25) is 0 Å². The number of fused-ring (bicyclic) bond motifs is 1. The minimum absolute atomic E-state index is 0.172. The Morgan fingerprint density at radius 1 is 1.45 bits per heavy atom. The van der Waals surface area contributed by atoms with E-state index in [1.54, 1.807) is 17.7 Å². The molecule has 1 saturated heterocycles. The van der Waals surface area contributed by atoms with E-state index in [1.165, 1.54) is 11.3 Å². The molecular formula is C16H22N4OS. The third kappa shape index (κ3) is 3.06. The number of amides is 1. The van der Waals surface area contributed by atoms with Gasteiger partial charge >= 0.3 is 0 Å². The highest BCUT2D eigenvalue weighted by Gasteiger charge is 2.25. The molecule has 0 saturated carbocycles. The number of nitrogens with zero attached hydrogens (tertiary/aromatic N) is 3. The molecular weight excluding hydrogens is 296 g/mol. The first kappa shape index (κ1) is 15.2. The lowest BCUT2D eigenvalue weighted by Gasteiger charge is -2.35. The molecule has 1 fully saturated rings. The summed E-state index contributed by atoms with van der Waals surface area (Å²) in [7, 11) is 0. The maximum atomic E-state index is 12.5. The second-order valence-corrected chi connectivity index (χ2v) is 7.03. The van der Waals surface area contributed by atoms with E-state index >= 15 is 0 Å². The van der Waals surface area contributed by atoms with E-state index in [0.29, 0.717) is 12.6 Å². The van der Waals surface area contributed by atoms with Gasteiger partial charge < -0.3 is 10.2 Å². The van der Waals surface area contributed by atoms with Crippen molar-refractivity contribution in [3.63, 3.8) is 0 Å². The molecule has 1 aliphatic rings. The van der Waals surface area contributed by atoms with Gasteiger partial charge in [-0.25, -0.2) is 9.97 Å². The molecule has 118 valence electrons. The summed E-state index contributed by atoms with van der Waals surface area (Å²) in [4.78, 5) is 25.3. The van der Waals surface area contributed by atoms with Gasteiger partial charge in [0.1, 0.15) is 17.0 Å². The second-order valence-electron chi connectivity index (χ2n) is 5.80. The number of piperidine rings is 1. The fraction of sp³-hybridized carbons (Fsp3) is 0.562. The molecule has 3 heterocycles. The number of aryl methyl sites for hydroxylation is 1. The molecule has 1 N–H and O–H groups in total. The molecule has 1 amide bonds. The SMILES string of the molecule is CCC1CCCCN1C(=O)CNc1ncnc2sc(C)cc12. The first-order valence-electron chi connectivity index (χ1n) is 7.93.